The van der Waals surface area contributed by atoms with Crippen molar-refractivity contribution >= 4 is 22.7 Å². The van der Waals surface area contributed by atoms with Crippen LogP contribution in [0.2, 0.25) is 0 Å². The van der Waals surface area contributed by atoms with E-state index in [0.717, 1.165) is 17.5 Å². The highest BCUT2D eigenvalue weighted by molar-refractivity contribution is 5.93. The molecule has 0 unspecified atom stereocenters. The van der Waals surface area contributed by atoms with Gasteiger partial charge in [-0.2, -0.15) is 0 Å². The number of benzene rings is 2. The zero-order chi connectivity index (χ0) is 14.5. The molecule has 4 heteroatoms. The topological polar surface area (TPSA) is 52.6 Å². The summed E-state index contributed by atoms with van der Waals surface area (Å²) in [6, 6.07) is 10.3. The fourth-order valence-corrected chi connectivity index (χ4v) is 1.68. The van der Waals surface area contributed by atoms with E-state index in [9.17, 15) is 9.59 Å². The van der Waals surface area contributed by atoms with E-state index < -0.39 is 11.9 Å². The van der Waals surface area contributed by atoms with Crippen LogP contribution in [0.15, 0.2) is 61.7 Å². The van der Waals surface area contributed by atoms with Crippen molar-refractivity contribution in [2.75, 3.05) is 0 Å². The third kappa shape index (κ3) is 2.92. The predicted molar refractivity (Wildman–Crippen MR) is 75.6 cm³/mol. The molecule has 20 heavy (non-hydrogen) atoms. The molecule has 0 saturated carbocycles. The van der Waals surface area contributed by atoms with E-state index in [-0.39, 0.29) is 0 Å². The molecule has 0 heterocycles. The third-order valence-electron chi connectivity index (χ3n) is 2.58. The third-order valence-corrected chi connectivity index (χ3v) is 2.58. The van der Waals surface area contributed by atoms with Crippen molar-refractivity contribution in [2.45, 2.75) is 0 Å². The van der Waals surface area contributed by atoms with Crippen molar-refractivity contribution in [3.63, 3.8) is 0 Å². The molecule has 0 saturated heterocycles. The number of hydrogen-bond donors (Lipinski definition) is 0. The van der Waals surface area contributed by atoms with Crippen LogP contribution in [0.1, 0.15) is 0 Å². The van der Waals surface area contributed by atoms with Crippen LogP contribution in [0.5, 0.6) is 11.5 Å². The number of carbonyl (C=O) groups excluding carboxylic acids is 2. The van der Waals surface area contributed by atoms with E-state index in [1.54, 1.807) is 30.3 Å². The molecule has 4 nitrogen and oxygen atoms in total. The Hall–Kier alpha value is -2.88. The summed E-state index contributed by atoms with van der Waals surface area (Å²) in [6.07, 6.45) is 2.16. The molecule has 0 amide bonds. The fourth-order valence-electron chi connectivity index (χ4n) is 1.68. The second kappa shape index (κ2) is 5.84. The number of esters is 2. The number of ether oxygens (including phenoxy) is 2. The lowest BCUT2D eigenvalue weighted by Gasteiger charge is -2.08. The largest absolute Gasteiger partial charge is 0.423 e. The Kier molecular flexibility index (Phi) is 3.96. The Morgan fingerprint density at radius 1 is 0.950 bits per heavy atom. The van der Waals surface area contributed by atoms with E-state index in [1.807, 2.05) is 6.07 Å². The molecule has 0 aromatic heterocycles. The number of hydrogen-bond acceptors (Lipinski definition) is 4. The van der Waals surface area contributed by atoms with Crippen LogP contribution in [0.4, 0.5) is 0 Å². The minimum atomic E-state index is -0.551. The van der Waals surface area contributed by atoms with Crippen molar-refractivity contribution in [3.8, 4) is 11.5 Å². The second-order valence-electron chi connectivity index (χ2n) is 3.89. The lowest BCUT2D eigenvalue weighted by Crippen LogP contribution is -2.04. The number of fused-ring (bicyclic) bond motifs is 1. The molecule has 0 bridgehead atoms. The van der Waals surface area contributed by atoms with Gasteiger partial charge in [0.2, 0.25) is 0 Å². The van der Waals surface area contributed by atoms with E-state index in [4.69, 9.17) is 9.47 Å². The molecular formula is C16H12O4. The first-order valence-corrected chi connectivity index (χ1v) is 5.85. The Morgan fingerprint density at radius 2 is 1.65 bits per heavy atom. The van der Waals surface area contributed by atoms with Crippen molar-refractivity contribution < 1.29 is 19.1 Å². The van der Waals surface area contributed by atoms with Crippen LogP contribution in [-0.2, 0) is 9.59 Å². The highest BCUT2D eigenvalue weighted by atomic mass is 16.5. The molecule has 0 aliphatic rings. The zero-order valence-corrected chi connectivity index (χ0v) is 10.7. The summed E-state index contributed by atoms with van der Waals surface area (Å²) in [4.78, 5) is 22.5. The van der Waals surface area contributed by atoms with Gasteiger partial charge in [-0.15, -0.1) is 0 Å². The van der Waals surface area contributed by atoms with Crippen LogP contribution >= 0.6 is 0 Å². The van der Waals surface area contributed by atoms with Crippen LogP contribution in [0, 0.1) is 0 Å². The summed E-state index contributed by atoms with van der Waals surface area (Å²) >= 11 is 0. The van der Waals surface area contributed by atoms with Crippen LogP contribution in [-0.4, -0.2) is 11.9 Å². The smallest absolute Gasteiger partial charge is 0.335 e. The lowest BCUT2D eigenvalue weighted by molar-refractivity contribution is -0.129. The van der Waals surface area contributed by atoms with Gasteiger partial charge in [-0.1, -0.05) is 31.4 Å². The average molecular weight is 268 g/mol. The second-order valence-corrected chi connectivity index (χ2v) is 3.89. The SMILES string of the molecule is C=CC(=O)Oc1ccc2cccc(OC(=O)C=C)c2c1. The van der Waals surface area contributed by atoms with Gasteiger partial charge in [-0.05, 0) is 23.6 Å². The first-order valence-electron chi connectivity index (χ1n) is 5.85. The number of rotatable bonds is 4. The van der Waals surface area contributed by atoms with Crippen molar-refractivity contribution in [3.05, 3.63) is 61.7 Å². The standard InChI is InChI=1S/C16H12O4/c1-3-15(17)19-12-9-8-11-6-5-7-14(13(11)10-12)20-16(18)4-2/h3-10H,1-2H2. The van der Waals surface area contributed by atoms with Gasteiger partial charge in [0.05, 0.1) is 0 Å². The monoisotopic (exact) mass is 268 g/mol. The van der Waals surface area contributed by atoms with Gasteiger partial charge in [0, 0.05) is 17.5 Å². The first kappa shape index (κ1) is 13.5. The Morgan fingerprint density at radius 3 is 2.35 bits per heavy atom. The number of carbonyl (C=O) groups is 2. The fraction of sp³-hybridized carbons (Fsp3) is 0. The normalized spacial score (nSPS) is 9.80. The molecular weight excluding hydrogens is 256 g/mol. The van der Waals surface area contributed by atoms with Gasteiger partial charge < -0.3 is 9.47 Å². The maximum absolute atomic E-state index is 11.3. The molecule has 2 aromatic rings. The van der Waals surface area contributed by atoms with Gasteiger partial charge in [-0.3, -0.25) is 0 Å². The molecule has 0 aliphatic heterocycles. The van der Waals surface area contributed by atoms with Crippen LogP contribution in [0.3, 0.4) is 0 Å². The van der Waals surface area contributed by atoms with Crippen molar-refractivity contribution in [2.24, 2.45) is 0 Å². The van der Waals surface area contributed by atoms with E-state index in [2.05, 4.69) is 13.2 Å². The Labute approximate surface area is 115 Å². The molecule has 0 fully saturated rings. The highest BCUT2D eigenvalue weighted by Gasteiger charge is 2.08. The maximum Gasteiger partial charge on any atom is 0.335 e. The molecule has 0 atom stereocenters. The molecule has 2 rings (SSSR count). The molecule has 0 spiro atoms. The Balaban J connectivity index is 2.45. The predicted octanol–water partition coefficient (Wildman–Crippen LogP) is 3.02. The molecule has 2 aromatic carbocycles. The highest BCUT2D eigenvalue weighted by Crippen LogP contribution is 2.29. The summed E-state index contributed by atoms with van der Waals surface area (Å²) in [5.41, 5.74) is 0. The molecule has 0 N–H and O–H groups in total. The lowest BCUT2D eigenvalue weighted by atomic mass is 10.1. The minimum Gasteiger partial charge on any atom is -0.423 e. The summed E-state index contributed by atoms with van der Waals surface area (Å²) < 4.78 is 10.2. The average Bonchev–Trinajstić information content (AvgIpc) is 2.47. The summed E-state index contributed by atoms with van der Waals surface area (Å²) in [6.45, 7) is 6.68. The minimum absolute atomic E-state index is 0.351. The van der Waals surface area contributed by atoms with E-state index in [1.165, 1.54) is 0 Å². The van der Waals surface area contributed by atoms with Gasteiger partial charge in [-0.25, -0.2) is 9.59 Å². The maximum atomic E-state index is 11.3. The van der Waals surface area contributed by atoms with Gasteiger partial charge in [0.25, 0.3) is 0 Å². The summed E-state index contributed by atoms with van der Waals surface area (Å²) in [5, 5.41) is 1.52. The van der Waals surface area contributed by atoms with Crippen molar-refractivity contribution in [1.29, 1.82) is 0 Å². The molecule has 0 aliphatic carbocycles. The van der Waals surface area contributed by atoms with E-state index in [0.29, 0.717) is 16.9 Å². The van der Waals surface area contributed by atoms with E-state index >= 15 is 0 Å². The Bertz CT molecular complexity index is 701. The molecule has 100 valence electrons. The molecule has 0 radical (unpaired) electrons. The summed E-state index contributed by atoms with van der Waals surface area (Å²) in [5.74, 6) is -0.371. The quantitative estimate of drug-likeness (QED) is 0.486. The van der Waals surface area contributed by atoms with Gasteiger partial charge >= 0.3 is 11.9 Å². The van der Waals surface area contributed by atoms with Gasteiger partial charge in [0.15, 0.2) is 0 Å². The van der Waals surface area contributed by atoms with Gasteiger partial charge in [0.1, 0.15) is 11.5 Å². The van der Waals surface area contributed by atoms with Crippen molar-refractivity contribution in [1.82, 2.24) is 0 Å². The van der Waals surface area contributed by atoms with Crippen LogP contribution in [0.25, 0.3) is 10.8 Å². The zero-order valence-electron chi connectivity index (χ0n) is 10.7. The van der Waals surface area contributed by atoms with Crippen LogP contribution < -0.4 is 9.47 Å². The first-order chi connectivity index (χ1) is 9.63. The summed E-state index contributed by atoms with van der Waals surface area (Å²) in [7, 11) is 0.